The van der Waals surface area contributed by atoms with Crippen molar-refractivity contribution in [3.8, 4) is 0 Å². The van der Waals surface area contributed by atoms with Gasteiger partial charge in [-0.15, -0.1) is 0 Å². The maximum Gasteiger partial charge on any atom is 0.253 e. The van der Waals surface area contributed by atoms with Crippen molar-refractivity contribution in [2.75, 3.05) is 13.1 Å². The highest BCUT2D eigenvalue weighted by atomic mass is 16.2. The fourth-order valence-electron chi connectivity index (χ4n) is 2.25. The Balaban J connectivity index is 2.20. The predicted molar refractivity (Wildman–Crippen MR) is 72.7 cm³/mol. The van der Waals surface area contributed by atoms with Crippen LogP contribution in [0.5, 0.6) is 0 Å². The van der Waals surface area contributed by atoms with Crippen LogP contribution in [0.4, 0.5) is 0 Å². The molecule has 18 heavy (non-hydrogen) atoms. The van der Waals surface area contributed by atoms with Crippen LogP contribution in [-0.4, -0.2) is 28.9 Å². The molecule has 2 rings (SSSR count). The third-order valence-corrected chi connectivity index (χ3v) is 3.42. The smallest absolute Gasteiger partial charge is 0.253 e. The number of amides is 1. The summed E-state index contributed by atoms with van der Waals surface area (Å²) < 4.78 is 0. The van der Waals surface area contributed by atoms with E-state index in [-0.39, 0.29) is 11.3 Å². The van der Waals surface area contributed by atoms with E-state index in [1.165, 1.54) is 6.42 Å². The fourth-order valence-corrected chi connectivity index (χ4v) is 2.25. The van der Waals surface area contributed by atoms with Crippen molar-refractivity contribution in [2.45, 2.75) is 45.4 Å². The van der Waals surface area contributed by atoms with Crippen molar-refractivity contribution < 1.29 is 4.79 Å². The van der Waals surface area contributed by atoms with Gasteiger partial charge in [0.25, 0.3) is 5.91 Å². The van der Waals surface area contributed by atoms with Gasteiger partial charge >= 0.3 is 0 Å². The average molecular weight is 246 g/mol. The summed E-state index contributed by atoms with van der Waals surface area (Å²) in [7, 11) is 0. The normalized spacial score (nSPS) is 16.7. The lowest BCUT2D eigenvalue weighted by molar-refractivity contribution is 0.0724. The molecule has 1 amide bonds. The van der Waals surface area contributed by atoms with Gasteiger partial charge in [0.05, 0.1) is 0 Å². The lowest BCUT2D eigenvalue weighted by atomic mass is 9.90. The topological polar surface area (TPSA) is 33.2 Å². The molecule has 98 valence electrons. The zero-order valence-electron chi connectivity index (χ0n) is 11.6. The summed E-state index contributed by atoms with van der Waals surface area (Å²) in [6.07, 6.45) is 5.25. The summed E-state index contributed by atoms with van der Waals surface area (Å²) in [5.41, 5.74) is 1.74. The number of likely N-dealkylation sites (tertiary alicyclic amines) is 1. The van der Waals surface area contributed by atoms with Crippen LogP contribution in [0.1, 0.15) is 56.1 Å². The summed E-state index contributed by atoms with van der Waals surface area (Å²) in [6, 6.07) is 3.77. The Hall–Kier alpha value is -1.38. The van der Waals surface area contributed by atoms with E-state index < -0.39 is 0 Å². The molecule has 0 radical (unpaired) electrons. The van der Waals surface area contributed by atoms with Crippen LogP contribution in [0.2, 0.25) is 0 Å². The number of piperidine rings is 1. The van der Waals surface area contributed by atoms with Gasteiger partial charge in [0.2, 0.25) is 0 Å². The number of carbonyl (C=O) groups is 1. The van der Waals surface area contributed by atoms with Crippen LogP contribution < -0.4 is 0 Å². The molecule has 0 bridgehead atoms. The highest BCUT2D eigenvalue weighted by Gasteiger charge is 2.21. The second-order valence-corrected chi connectivity index (χ2v) is 6.03. The Labute approximate surface area is 109 Å². The molecule has 1 aromatic heterocycles. The maximum absolute atomic E-state index is 12.4. The van der Waals surface area contributed by atoms with Crippen molar-refractivity contribution >= 4 is 5.91 Å². The summed E-state index contributed by atoms with van der Waals surface area (Å²) >= 11 is 0. The zero-order chi connectivity index (χ0) is 13.2. The molecule has 0 unspecified atom stereocenters. The molecule has 0 saturated carbocycles. The van der Waals surface area contributed by atoms with Gasteiger partial charge in [-0.3, -0.25) is 9.78 Å². The van der Waals surface area contributed by atoms with Crippen LogP contribution in [0, 0.1) is 0 Å². The number of hydrogen-bond donors (Lipinski definition) is 0. The molecule has 1 saturated heterocycles. The van der Waals surface area contributed by atoms with Gasteiger partial charge in [-0.1, -0.05) is 20.8 Å². The predicted octanol–water partition coefficient (Wildman–Crippen LogP) is 3.01. The van der Waals surface area contributed by atoms with E-state index in [0.717, 1.165) is 37.2 Å². The Morgan fingerprint density at radius 1 is 1.22 bits per heavy atom. The van der Waals surface area contributed by atoms with E-state index in [0.29, 0.717) is 0 Å². The minimum absolute atomic E-state index is 0.0157. The molecule has 0 atom stereocenters. The molecular formula is C15H22N2O. The first-order chi connectivity index (χ1) is 8.48. The van der Waals surface area contributed by atoms with Crippen LogP contribution in [0.15, 0.2) is 18.3 Å². The van der Waals surface area contributed by atoms with Crippen LogP contribution >= 0.6 is 0 Å². The summed E-state index contributed by atoms with van der Waals surface area (Å²) in [5, 5.41) is 0. The summed E-state index contributed by atoms with van der Waals surface area (Å²) in [6.45, 7) is 8.14. The van der Waals surface area contributed by atoms with Gasteiger partial charge in [0.15, 0.2) is 0 Å². The molecule has 2 heterocycles. The summed E-state index contributed by atoms with van der Waals surface area (Å²) in [5.74, 6) is 0.155. The van der Waals surface area contributed by atoms with E-state index in [1.807, 2.05) is 17.0 Å². The molecule has 3 heteroatoms. The van der Waals surface area contributed by atoms with Gasteiger partial charge in [-0.2, -0.15) is 0 Å². The molecular weight excluding hydrogens is 224 g/mol. The van der Waals surface area contributed by atoms with E-state index >= 15 is 0 Å². The lowest BCUT2D eigenvalue weighted by Crippen LogP contribution is -2.35. The number of nitrogens with zero attached hydrogens (tertiary/aromatic N) is 2. The molecule has 0 aliphatic carbocycles. The zero-order valence-corrected chi connectivity index (χ0v) is 11.6. The van der Waals surface area contributed by atoms with Gasteiger partial charge in [0.1, 0.15) is 0 Å². The Kier molecular flexibility index (Phi) is 3.69. The van der Waals surface area contributed by atoms with Gasteiger partial charge < -0.3 is 4.90 Å². The first kappa shape index (κ1) is 13.1. The van der Waals surface area contributed by atoms with Gasteiger partial charge in [0, 0.05) is 36.0 Å². The maximum atomic E-state index is 12.4. The quantitative estimate of drug-likeness (QED) is 0.763. The molecule has 1 aromatic rings. The monoisotopic (exact) mass is 246 g/mol. The largest absolute Gasteiger partial charge is 0.339 e. The van der Waals surface area contributed by atoms with Crippen molar-refractivity contribution in [1.29, 1.82) is 0 Å². The molecule has 3 nitrogen and oxygen atoms in total. The van der Waals surface area contributed by atoms with E-state index in [1.54, 1.807) is 6.20 Å². The first-order valence-corrected chi connectivity index (χ1v) is 6.74. The highest BCUT2D eigenvalue weighted by molar-refractivity contribution is 5.94. The van der Waals surface area contributed by atoms with Crippen molar-refractivity contribution in [2.24, 2.45) is 0 Å². The minimum atomic E-state index is -0.0157. The number of hydrogen-bond acceptors (Lipinski definition) is 2. The summed E-state index contributed by atoms with van der Waals surface area (Å²) in [4.78, 5) is 18.7. The van der Waals surface area contributed by atoms with E-state index in [9.17, 15) is 4.79 Å². The standard InChI is InChI=1S/C15H22N2O/c1-15(2,3)13-11-12(7-8-16-13)14(18)17-9-5-4-6-10-17/h7-8,11H,4-6,9-10H2,1-3H3. The van der Waals surface area contributed by atoms with Crippen molar-refractivity contribution in [3.05, 3.63) is 29.6 Å². The lowest BCUT2D eigenvalue weighted by Gasteiger charge is -2.27. The minimum Gasteiger partial charge on any atom is -0.339 e. The molecule has 0 spiro atoms. The molecule has 1 fully saturated rings. The molecule has 1 aliphatic heterocycles. The molecule has 0 aromatic carbocycles. The van der Waals surface area contributed by atoms with Crippen molar-refractivity contribution in [1.82, 2.24) is 9.88 Å². The highest BCUT2D eigenvalue weighted by Crippen LogP contribution is 2.21. The number of carbonyl (C=O) groups excluding carboxylic acids is 1. The average Bonchev–Trinajstić information content (AvgIpc) is 2.38. The second kappa shape index (κ2) is 5.09. The Morgan fingerprint density at radius 3 is 2.50 bits per heavy atom. The van der Waals surface area contributed by atoms with Crippen LogP contribution in [-0.2, 0) is 5.41 Å². The second-order valence-electron chi connectivity index (χ2n) is 6.03. The number of rotatable bonds is 1. The van der Waals surface area contributed by atoms with Crippen LogP contribution in [0.25, 0.3) is 0 Å². The third-order valence-electron chi connectivity index (χ3n) is 3.42. The van der Waals surface area contributed by atoms with Gasteiger partial charge in [-0.05, 0) is 31.4 Å². The van der Waals surface area contributed by atoms with Gasteiger partial charge in [-0.25, -0.2) is 0 Å². The Morgan fingerprint density at radius 2 is 1.89 bits per heavy atom. The molecule has 1 aliphatic rings. The fraction of sp³-hybridized carbons (Fsp3) is 0.600. The first-order valence-electron chi connectivity index (χ1n) is 6.74. The third kappa shape index (κ3) is 2.89. The molecule has 0 N–H and O–H groups in total. The van der Waals surface area contributed by atoms with E-state index in [4.69, 9.17) is 0 Å². The van der Waals surface area contributed by atoms with E-state index in [2.05, 4.69) is 25.8 Å². The Bertz CT molecular complexity index is 428. The van der Waals surface area contributed by atoms with Crippen molar-refractivity contribution in [3.63, 3.8) is 0 Å². The van der Waals surface area contributed by atoms with Crippen LogP contribution in [0.3, 0.4) is 0 Å². The number of pyridine rings is 1. The number of aromatic nitrogens is 1. The SMILES string of the molecule is CC(C)(C)c1cc(C(=O)N2CCCCC2)ccn1.